The van der Waals surface area contributed by atoms with Gasteiger partial charge in [0, 0.05) is 23.9 Å². The summed E-state index contributed by atoms with van der Waals surface area (Å²) in [5.74, 6) is 0.0312. The van der Waals surface area contributed by atoms with Gasteiger partial charge in [-0.15, -0.1) is 11.3 Å². The van der Waals surface area contributed by atoms with Gasteiger partial charge in [0.05, 0.1) is 0 Å². The first-order valence-electron chi connectivity index (χ1n) is 6.74. The van der Waals surface area contributed by atoms with Crippen molar-refractivity contribution < 1.29 is 9.59 Å². The summed E-state index contributed by atoms with van der Waals surface area (Å²) in [5, 5.41) is 4.85. The third-order valence-corrected chi connectivity index (χ3v) is 4.45. The lowest BCUT2D eigenvalue weighted by atomic mass is 10.1. The fourth-order valence-corrected chi connectivity index (χ4v) is 3.10. The SMILES string of the molecule is CCC1NC(=O)CC(C)N(CCc2cccs2)C1=O. The fourth-order valence-electron chi connectivity index (χ4n) is 2.40. The number of carbonyl (C=O) groups excluding carboxylic acids is 2. The van der Waals surface area contributed by atoms with E-state index in [1.54, 1.807) is 11.3 Å². The van der Waals surface area contributed by atoms with Gasteiger partial charge in [0.1, 0.15) is 6.04 Å². The average molecular weight is 280 g/mol. The summed E-state index contributed by atoms with van der Waals surface area (Å²) in [5.41, 5.74) is 0. The molecule has 2 atom stereocenters. The van der Waals surface area contributed by atoms with E-state index in [1.807, 2.05) is 30.2 Å². The van der Waals surface area contributed by atoms with Crippen LogP contribution in [-0.4, -0.2) is 35.3 Å². The Morgan fingerprint density at radius 1 is 1.47 bits per heavy atom. The number of nitrogens with zero attached hydrogens (tertiary/aromatic N) is 1. The topological polar surface area (TPSA) is 49.4 Å². The molecule has 1 N–H and O–H groups in total. The molecule has 1 aliphatic heterocycles. The molecule has 0 aliphatic carbocycles. The van der Waals surface area contributed by atoms with E-state index < -0.39 is 0 Å². The Kier molecular flexibility index (Phi) is 4.58. The normalized spacial score (nSPS) is 24.2. The molecule has 2 unspecified atom stereocenters. The summed E-state index contributed by atoms with van der Waals surface area (Å²) < 4.78 is 0. The molecule has 0 saturated carbocycles. The summed E-state index contributed by atoms with van der Waals surface area (Å²) in [4.78, 5) is 27.2. The molecule has 4 nitrogen and oxygen atoms in total. The molecule has 104 valence electrons. The lowest BCUT2D eigenvalue weighted by Gasteiger charge is -2.28. The lowest BCUT2D eigenvalue weighted by Crippen LogP contribution is -2.46. The number of nitrogens with one attached hydrogen (secondary N) is 1. The van der Waals surface area contributed by atoms with Gasteiger partial charge in [0.2, 0.25) is 11.8 Å². The van der Waals surface area contributed by atoms with Crippen molar-refractivity contribution in [3.8, 4) is 0 Å². The third-order valence-electron chi connectivity index (χ3n) is 3.52. The van der Waals surface area contributed by atoms with Crippen LogP contribution in [0.4, 0.5) is 0 Å². The Morgan fingerprint density at radius 2 is 2.26 bits per heavy atom. The molecule has 1 aromatic rings. The summed E-state index contributed by atoms with van der Waals surface area (Å²) in [6.45, 7) is 4.56. The van der Waals surface area contributed by atoms with Gasteiger partial charge >= 0.3 is 0 Å². The van der Waals surface area contributed by atoms with E-state index in [-0.39, 0.29) is 23.9 Å². The highest BCUT2D eigenvalue weighted by atomic mass is 32.1. The quantitative estimate of drug-likeness (QED) is 0.914. The molecule has 2 amide bonds. The van der Waals surface area contributed by atoms with Crippen LogP contribution in [0.5, 0.6) is 0 Å². The molecule has 2 rings (SSSR count). The highest BCUT2D eigenvalue weighted by Crippen LogP contribution is 2.16. The van der Waals surface area contributed by atoms with Gasteiger partial charge in [-0.05, 0) is 31.2 Å². The first kappa shape index (κ1) is 14.1. The van der Waals surface area contributed by atoms with Crippen LogP contribution in [0.15, 0.2) is 17.5 Å². The first-order valence-corrected chi connectivity index (χ1v) is 7.62. The third kappa shape index (κ3) is 3.35. The van der Waals surface area contributed by atoms with Crippen LogP contribution >= 0.6 is 11.3 Å². The number of amides is 2. The van der Waals surface area contributed by atoms with E-state index in [1.165, 1.54) is 4.88 Å². The zero-order valence-corrected chi connectivity index (χ0v) is 12.2. The number of thiophene rings is 1. The maximum absolute atomic E-state index is 12.4. The Balaban J connectivity index is 2.06. The highest BCUT2D eigenvalue weighted by molar-refractivity contribution is 7.09. The second kappa shape index (κ2) is 6.19. The number of rotatable bonds is 4. The molecule has 1 fully saturated rings. The minimum atomic E-state index is -0.360. The largest absolute Gasteiger partial charge is 0.344 e. The van der Waals surface area contributed by atoms with E-state index in [0.29, 0.717) is 19.4 Å². The van der Waals surface area contributed by atoms with E-state index in [0.717, 1.165) is 6.42 Å². The number of hydrogen-bond donors (Lipinski definition) is 1. The minimum Gasteiger partial charge on any atom is -0.344 e. The van der Waals surface area contributed by atoms with Crippen molar-refractivity contribution in [1.82, 2.24) is 10.2 Å². The average Bonchev–Trinajstić information content (AvgIpc) is 2.85. The van der Waals surface area contributed by atoms with Gasteiger partial charge in [0.25, 0.3) is 0 Å². The Morgan fingerprint density at radius 3 is 2.89 bits per heavy atom. The predicted molar refractivity (Wildman–Crippen MR) is 76.0 cm³/mol. The smallest absolute Gasteiger partial charge is 0.245 e. The first-order chi connectivity index (χ1) is 9.11. The Hall–Kier alpha value is -1.36. The maximum atomic E-state index is 12.4. The van der Waals surface area contributed by atoms with E-state index >= 15 is 0 Å². The van der Waals surface area contributed by atoms with Crippen LogP contribution in [0.2, 0.25) is 0 Å². The van der Waals surface area contributed by atoms with E-state index in [4.69, 9.17) is 0 Å². The second-order valence-corrected chi connectivity index (χ2v) is 5.97. The predicted octanol–water partition coefficient (Wildman–Crippen LogP) is 1.81. The molecule has 1 aromatic heterocycles. The fraction of sp³-hybridized carbons (Fsp3) is 0.571. The lowest BCUT2D eigenvalue weighted by molar-refractivity contribution is -0.134. The molecular formula is C14H20N2O2S. The van der Waals surface area contributed by atoms with E-state index in [2.05, 4.69) is 11.4 Å². The van der Waals surface area contributed by atoms with Crippen molar-refractivity contribution in [3.05, 3.63) is 22.4 Å². The van der Waals surface area contributed by atoms with Crippen molar-refractivity contribution >= 4 is 23.2 Å². The number of hydrogen-bond acceptors (Lipinski definition) is 3. The van der Waals surface area contributed by atoms with Gasteiger partial charge < -0.3 is 10.2 Å². The van der Waals surface area contributed by atoms with Crippen LogP contribution in [0, 0.1) is 0 Å². The van der Waals surface area contributed by atoms with Gasteiger partial charge in [-0.2, -0.15) is 0 Å². The van der Waals surface area contributed by atoms with Gasteiger partial charge in [-0.1, -0.05) is 13.0 Å². The van der Waals surface area contributed by atoms with Gasteiger partial charge in [-0.3, -0.25) is 9.59 Å². The molecule has 19 heavy (non-hydrogen) atoms. The van der Waals surface area contributed by atoms with Crippen molar-refractivity contribution in [3.63, 3.8) is 0 Å². The summed E-state index contributed by atoms with van der Waals surface area (Å²) >= 11 is 1.71. The maximum Gasteiger partial charge on any atom is 0.245 e. The standard InChI is InChI=1S/C14H20N2O2S/c1-3-12-14(18)16(10(2)9-13(17)15-12)7-6-11-5-4-8-19-11/h4-5,8,10,12H,3,6-7,9H2,1-2H3,(H,15,17). The van der Waals surface area contributed by atoms with Crippen molar-refractivity contribution in [2.75, 3.05) is 6.54 Å². The zero-order chi connectivity index (χ0) is 13.8. The molecule has 1 aliphatic rings. The van der Waals surface area contributed by atoms with Crippen LogP contribution in [0.3, 0.4) is 0 Å². The molecule has 0 bridgehead atoms. The minimum absolute atomic E-state index is 0.0219. The van der Waals surface area contributed by atoms with E-state index in [9.17, 15) is 9.59 Å². The van der Waals surface area contributed by atoms with Crippen molar-refractivity contribution in [2.45, 2.75) is 45.2 Å². The van der Waals surface area contributed by atoms with Gasteiger partial charge in [0.15, 0.2) is 0 Å². The molecule has 5 heteroatoms. The molecule has 0 radical (unpaired) electrons. The summed E-state index contributed by atoms with van der Waals surface area (Å²) in [7, 11) is 0. The second-order valence-electron chi connectivity index (χ2n) is 4.94. The van der Waals surface area contributed by atoms with Crippen LogP contribution in [0.1, 0.15) is 31.6 Å². The zero-order valence-electron chi connectivity index (χ0n) is 11.4. The number of carbonyl (C=O) groups is 2. The molecule has 2 heterocycles. The van der Waals surface area contributed by atoms with Crippen molar-refractivity contribution in [2.24, 2.45) is 0 Å². The van der Waals surface area contributed by atoms with Crippen LogP contribution in [0.25, 0.3) is 0 Å². The monoisotopic (exact) mass is 280 g/mol. The van der Waals surface area contributed by atoms with Crippen LogP contribution < -0.4 is 5.32 Å². The highest BCUT2D eigenvalue weighted by Gasteiger charge is 2.32. The van der Waals surface area contributed by atoms with Crippen molar-refractivity contribution in [1.29, 1.82) is 0 Å². The Labute approximate surface area is 117 Å². The molecule has 0 spiro atoms. The Bertz CT molecular complexity index is 444. The summed E-state index contributed by atoms with van der Waals surface area (Å²) in [6, 6.07) is 3.72. The molecular weight excluding hydrogens is 260 g/mol. The molecule has 1 saturated heterocycles. The summed E-state index contributed by atoms with van der Waals surface area (Å²) in [6.07, 6.45) is 1.90. The van der Waals surface area contributed by atoms with Gasteiger partial charge in [-0.25, -0.2) is 0 Å². The van der Waals surface area contributed by atoms with Crippen LogP contribution in [-0.2, 0) is 16.0 Å². The molecule has 0 aromatic carbocycles.